The van der Waals surface area contributed by atoms with Crippen molar-refractivity contribution in [3.8, 4) is 10.8 Å². The standard InChI is InChI=1S/C10H9N3OS/c1-2-7-8(6-14)15-10(13-7)9-11-4-3-5-12-9/h3-6H,2H2,1H3. The number of nitrogens with zero attached hydrogens (tertiary/aromatic N) is 3. The van der Waals surface area contributed by atoms with Crippen LogP contribution in [0, 0.1) is 0 Å². The van der Waals surface area contributed by atoms with Crippen molar-refractivity contribution < 1.29 is 4.79 Å². The van der Waals surface area contributed by atoms with Gasteiger partial charge in [-0.15, -0.1) is 11.3 Å². The van der Waals surface area contributed by atoms with Gasteiger partial charge in [0.2, 0.25) is 0 Å². The molecule has 0 amide bonds. The molecular formula is C10H9N3OS. The SMILES string of the molecule is CCc1nc(-c2ncccn2)sc1C=O. The van der Waals surface area contributed by atoms with Crippen molar-refractivity contribution in [1.29, 1.82) is 0 Å². The first-order valence-corrected chi connectivity index (χ1v) is 5.39. The van der Waals surface area contributed by atoms with Crippen LogP contribution < -0.4 is 0 Å². The fourth-order valence-electron chi connectivity index (χ4n) is 1.21. The quantitative estimate of drug-likeness (QED) is 0.740. The molecule has 0 aromatic carbocycles. The zero-order valence-electron chi connectivity index (χ0n) is 8.17. The predicted molar refractivity (Wildman–Crippen MR) is 57.9 cm³/mol. The van der Waals surface area contributed by atoms with Gasteiger partial charge in [-0.1, -0.05) is 6.92 Å². The van der Waals surface area contributed by atoms with Crippen molar-refractivity contribution in [2.24, 2.45) is 0 Å². The van der Waals surface area contributed by atoms with E-state index in [-0.39, 0.29) is 0 Å². The summed E-state index contributed by atoms with van der Waals surface area (Å²) in [6.45, 7) is 1.97. The molecule has 0 atom stereocenters. The van der Waals surface area contributed by atoms with Crippen LogP contribution in [-0.2, 0) is 6.42 Å². The number of hydrogen-bond acceptors (Lipinski definition) is 5. The number of hydrogen-bond donors (Lipinski definition) is 0. The molecular weight excluding hydrogens is 210 g/mol. The van der Waals surface area contributed by atoms with Gasteiger partial charge in [0.05, 0.1) is 10.6 Å². The summed E-state index contributed by atoms with van der Waals surface area (Å²) in [5, 5.41) is 0.703. The van der Waals surface area contributed by atoms with Gasteiger partial charge in [0, 0.05) is 12.4 Å². The van der Waals surface area contributed by atoms with Gasteiger partial charge in [-0.2, -0.15) is 0 Å². The normalized spacial score (nSPS) is 10.2. The molecule has 0 saturated heterocycles. The van der Waals surface area contributed by atoms with Crippen molar-refractivity contribution >= 4 is 17.6 Å². The third-order valence-electron chi connectivity index (χ3n) is 1.93. The van der Waals surface area contributed by atoms with Gasteiger partial charge in [0.15, 0.2) is 17.1 Å². The van der Waals surface area contributed by atoms with Gasteiger partial charge < -0.3 is 0 Å². The van der Waals surface area contributed by atoms with Gasteiger partial charge in [-0.25, -0.2) is 15.0 Å². The molecule has 0 aliphatic rings. The molecule has 0 N–H and O–H groups in total. The van der Waals surface area contributed by atoms with Crippen molar-refractivity contribution in [2.75, 3.05) is 0 Å². The van der Waals surface area contributed by atoms with Crippen LogP contribution in [0.15, 0.2) is 18.5 Å². The number of aryl methyl sites for hydroxylation is 1. The second-order valence-electron chi connectivity index (χ2n) is 2.87. The Morgan fingerprint density at radius 1 is 1.40 bits per heavy atom. The van der Waals surface area contributed by atoms with E-state index in [0.29, 0.717) is 15.7 Å². The number of aromatic nitrogens is 3. The lowest BCUT2D eigenvalue weighted by Gasteiger charge is -1.90. The Kier molecular flexibility index (Phi) is 2.82. The van der Waals surface area contributed by atoms with E-state index in [1.807, 2.05) is 6.92 Å². The number of aldehydes is 1. The summed E-state index contributed by atoms with van der Waals surface area (Å²) in [6, 6.07) is 1.75. The Bertz CT molecular complexity index is 467. The van der Waals surface area contributed by atoms with E-state index in [2.05, 4.69) is 15.0 Å². The lowest BCUT2D eigenvalue weighted by molar-refractivity contribution is 0.112. The molecule has 76 valence electrons. The summed E-state index contributed by atoms with van der Waals surface area (Å²) in [5.41, 5.74) is 0.817. The molecule has 2 aromatic rings. The molecule has 0 spiro atoms. The molecule has 2 rings (SSSR count). The van der Waals surface area contributed by atoms with Crippen molar-refractivity contribution in [1.82, 2.24) is 15.0 Å². The molecule has 0 aliphatic heterocycles. The van der Waals surface area contributed by atoms with E-state index in [9.17, 15) is 4.79 Å². The highest BCUT2D eigenvalue weighted by molar-refractivity contribution is 7.16. The molecule has 0 saturated carbocycles. The fourth-order valence-corrected chi connectivity index (χ4v) is 2.13. The first kappa shape index (κ1) is 9.92. The lowest BCUT2D eigenvalue weighted by Crippen LogP contribution is -1.88. The van der Waals surface area contributed by atoms with E-state index in [1.165, 1.54) is 11.3 Å². The molecule has 0 bridgehead atoms. The van der Waals surface area contributed by atoms with Gasteiger partial charge in [0.25, 0.3) is 0 Å². The van der Waals surface area contributed by atoms with E-state index in [1.54, 1.807) is 18.5 Å². The third-order valence-corrected chi connectivity index (χ3v) is 2.95. The zero-order chi connectivity index (χ0) is 10.7. The molecule has 2 heterocycles. The highest BCUT2D eigenvalue weighted by Crippen LogP contribution is 2.24. The maximum absolute atomic E-state index is 10.8. The van der Waals surface area contributed by atoms with Gasteiger partial charge >= 0.3 is 0 Å². The third kappa shape index (κ3) is 1.92. The number of carbonyl (C=O) groups is 1. The van der Waals surface area contributed by atoms with Crippen molar-refractivity contribution in [3.05, 3.63) is 29.0 Å². The Hall–Kier alpha value is -1.62. The largest absolute Gasteiger partial charge is 0.297 e. The Morgan fingerprint density at radius 2 is 2.13 bits per heavy atom. The molecule has 0 radical (unpaired) electrons. The molecule has 5 heteroatoms. The summed E-state index contributed by atoms with van der Waals surface area (Å²) in [4.78, 5) is 23.9. The Morgan fingerprint density at radius 3 is 2.67 bits per heavy atom. The maximum atomic E-state index is 10.8. The van der Waals surface area contributed by atoms with Crippen molar-refractivity contribution in [3.63, 3.8) is 0 Å². The fraction of sp³-hybridized carbons (Fsp3) is 0.200. The van der Waals surface area contributed by atoms with Crippen LogP contribution in [0.2, 0.25) is 0 Å². The van der Waals surface area contributed by atoms with Crippen LogP contribution in [0.5, 0.6) is 0 Å². The summed E-state index contributed by atoms with van der Waals surface area (Å²) in [5.74, 6) is 0.574. The second kappa shape index (κ2) is 4.27. The van der Waals surface area contributed by atoms with Crippen LogP contribution in [0.3, 0.4) is 0 Å². The van der Waals surface area contributed by atoms with Crippen LogP contribution >= 0.6 is 11.3 Å². The minimum atomic E-state index is 0.574. The average molecular weight is 219 g/mol. The van der Waals surface area contributed by atoms with Gasteiger partial charge in [-0.3, -0.25) is 4.79 Å². The van der Waals surface area contributed by atoms with Crippen molar-refractivity contribution in [2.45, 2.75) is 13.3 Å². The van der Waals surface area contributed by atoms with Crippen LogP contribution in [0.25, 0.3) is 10.8 Å². The summed E-state index contributed by atoms with van der Waals surface area (Å²) in [7, 11) is 0. The maximum Gasteiger partial charge on any atom is 0.188 e. The predicted octanol–water partition coefficient (Wildman–Crippen LogP) is 1.97. The lowest BCUT2D eigenvalue weighted by atomic mass is 10.3. The molecule has 0 fully saturated rings. The number of carbonyl (C=O) groups excluding carboxylic acids is 1. The minimum Gasteiger partial charge on any atom is -0.297 e. The van der Waals surface area contributed by atoms with E-state index < -0.39 is 0 Å². The number of rotatable bonds is 3. The highest BCUT2D eigenvalue weighted by atomic mass is 32.1. The molecule has 15 heavy (non-hydrogen) atoms. The first-order valence-electron chi connectivity index (χ1n) is 4.57. The van der Waals surface area contributed by atoms with Gasteiger partial charge in [-0.05, 0) is 12.5 Å². The first-order chi connectivity index (χ1) is 7.35. The Balaban J connectivity index is 2.46. The highest BCUT2D eigenvalue weighted by Gasteiger charge is 2.11. The van der Waals surface area contributed by atoms with E-state index in [4.69, 9.17) is 0 Å². The molecule has 2 aromatic heterocycles. The average Bonchev–Trinajstić information content (AvgIpc) is 2.73. The topological polar surface area (TPSA) is 55.7 Å². The van der Waals surface area contributed by atoms with E-state index in [0.717, 1.165) is 18.4 Å². The van der Waals surface area contributed by atoms with Crippen LogP contribution in [-0.4, -0.2) is 21.2 Å². The zero-order valence-corrected chi connectivity index (χ0v) is 8.99. The Labute approximate surface area is 91.0 Å². The minimum absolute atomic E-state index is 0.574. The number of thiazole rings is 1. The molecule has 0 unspecified atom stereocenters. The van der Waals surface area contributed by atoms with E-state index >= 15 is 0 Å². The van der Waals surface area contributed by atoms with Crippen LogP contribution in [0.4, 0.5) is 0 Å². The smallest absolute Gasteiger partial charge is 0.188 e. The summed E-state index contributed by atoms with van der Waals surface area (Å²) >= 11 is 1.33. The monoisotopic (exact) mass is 219 g/mol. The van der Waals surface area contributed by atoms with Crippen LogP contribution in [0.1, 0.15) is 22.3 Å². The van der Waals surface area contributed by atoms with Gasteiger partial charge in [0.1, 0.15) is 0 Å². The molecule has 4 nitrogen and oxygen atoms in total. The summed E-state index contributed by atoms with van der Waals surface area (Å²) < 4.78 is 0. The summed E-state index contributed by atoms with van der Waals surface area (Å²) in [6.07, 6.45) is 4.91. The second-order valence-corrected chi connectivity index (χ2v) is 3.90. The molecule has 0 aliphatic carbocycles.